The van der Waals surface area contributed by atoms with Crippen LogP contribution in [-0.4, -0.2) is 52.3 Å². The minimum atomic E-state index is -0.994. The molecule has 3 N–H and O–H groups in total. The van der Waals surface area contributed by atoms with Crippen LogP contribution in [0.25, 0.3) is 0 Å². The van der Waals surface area contributed by atoms with Crippen LogP contribution >= 0.6 is 0 Å². The first-order chi connectivity index (χ1) is 9.38. The molecule has 1 saturated heterocycles. The molecule has 1 aliphatic heterocycles. The van der Waals surface area contributed by atoms with E-state index >= 15 is 0 Å². The molecule has 0 radical (unpaired) electrons. The van der Waals surface area contributed by atoms with E-state index < -0.39 is 12.0 Å². The van der Waals surface area contributed by atoms with E-state index in [1.165, 1.54) is 0 Å². The van der Waals surface area contributed by atoms with E-state index in [0.29, 0.717) is 25.4 Å². The van der Waals surface area contributed by atoms with Crippen LogP contribution in [0.3, 0.4) is 0 Å². The van der Waals surface area contributed by atoms with Crippen LogP contribution in [0.4, 0.5) is 4.79 Å². The van der Waals surface area contributed by atoms with Crippen molar-refractivity contribution < 1.29 is 19.8 Å². The minimum absolute atomic E-state index is 0.161. The third-order valence-corrected chi connectivity index (χ3v) is 4.41. The molecular weight excluding hydrogens is 260 g/mol. The third-order valence-electron chi connectivity index (χ3n) is 4.41. The van der Waals surface area contributed by atoms with Gasteiger partial charge in [-0.2, -0.15) is 0 Å². The predicted octanol–water partition coefficient (Wildman–Crippen LogP) is 0.898. The largest absolute Gasteiger partial charge is 0.480 e. The maximum absolute atomic E-state index is 12.1. The van der Waals surface area contributed by atoms with Crippen LogP contribution in [0.5, 0.6) is 0 Å². The smallest absolute Gasteiger partial charge is 0.326 e. The van der Waals surface area contributed by atoms with Crippen molar-refractivity contribution in [2.75, 3.05) is 13.1 Å². The lowest BCUT2D eigenvalue weighted by Gasteiger charge is -2.23. The van der Waals surface area contributed by atoms with Gasteiger partial charge in [0.1, 0.15) is 6.04 Å². The van der Waals surface area contributed by atoms with E-state index in [0.717, 1.165) is 12.8 Å². The van der Waals surface area contributed by atoms with Gasteiger partial charge in [0.2, 0.25) is 0 Å². The number of aliphatic carboxylic acids is 1. The number of carbonyl (C=O) groups is 2. The molecule has 0 aromatic heterocycles. The Kier molecular flexibility index (Phi) is 4.52. The number of nitrogens with one attached hydrogen (secondary N) is 1. The van der Waals surface area contributed by atoms with Crippen LogP contribution in [0.15, 0.2) is 0 Å². The fourth-order valence-corrected chi connectivity index (χ4v) is 3.34. The second-order valence-corrected chi connectivity index (χ2v) is 6.44. The van der Waals surface area contributed by atoms with Crippen molar-refractivity contribution in [3.8, 4) is 0 Å². The molecule has 2 rings (SSSR count). The highest BCUT2D eigenvalue weighted by Crippen LogP contribution is 2.37. The van der Waals surface area contributed by atoms with Crippen molar-refractivity contribution in [1.82, 2.24) is 10.2 Å². The lowest BCUT2D eigenvalue weighted by Crippen LogP contribution is -2.48. The summed E-state index contributed by atoms with van der Waals surface area (Å²) in [5.41, 5.74) is 0. The zero-order valence-electron chi connectivity index (χ0n) is 12.1. The van der Waals surface area contributed by atoms with Gasteiger partial charge in [0, 0.05) is 19.0 Å². The maximum Gasteiger partial charge on any atom is 0.326 e. The number of aliphatic hydroxyl groups excluding tert-OH is 1. The number of amides is 2. The average Bonchev–Trinajstić information content (AvgIpc) is 2.90. The number of carboxylic acids is 1. The zero-order chi connectivity index (χ0) is 14.9. The summed E-state index contributed by atoms with van der Waals surface area (Å²) in [5, 5.41) is 21.6. The van der Waals surface area contributed by atoms with Crippen LogP contribution in [-0.2, 0) is 4.79 Å². The summed E-state index contributed by atoms with van der Waals surface area (Å²) < 4.78 is 0. The normalized spacial score (nSPS) is 30.4. The highest BCUT2D eigenvalue weighted by atomic mass is 16.4. The van der Waals surface area contributed by atoms with E-state index in [9.17, 15) is 14.7 Å². The molecular formula is C14H24N2O4. The van der Waals surface area contributed by atoms with Crippen LogP contribution in [0, 0.1) is 17.8 Å². The summed E-state index contributed by atoms with van der Waals surface area (Å²) >= 11 is 0. The SMILES string of the molecule is CC(C)C[C@H](NC(=O)N1CC2CCC(O)C2C1)C(=O)O. The molecule has 2 amide bonds. The summed E-state index contributed by atoms with van der Waals surface area (Å²) in [7, 11) is 0. The van der Waals surface area contributed by atoms with Gasteiger partial charge in [-0.1, -0.05) is 13.8 Å². The summed E-state index contributed by atoms with van der Waals surface area (Å²) in [4.78, 5) is 25.0. The fraction of sp³-hybridized carbons (Fsp3) is 0.857. The van der Waals surface area contributed by atoms with Gasteiger partial charge >= 0.3 is 12.0 Å². The standard InChI is InChI=1S/C14H24N2O4/c1-8(2)5-11(13(18)19)15-14(20)16-6-9-3-4-12(17)10(9)7-16/h8-12,17H,3-7H2,1-2H3,(H,15,20)(H,18,19)/t9?,10?,11-,12?/m0/s1. The molecule has 0 aromatic rings. The number of urea groups is 1. The Morgan fingerprint density at radius 2 is 2.00 bits per heavy atom. The van der Waals surface area contributed by atoms with Gasteiger partial charge < -0.3 is 20.4 Å². The van der Waals surface area contributed by atoms with Crippen molar-refractivity contribution in [2.24, 2.45) is 17.8 Å². The first-order valence-electron chi connectivity index (χ1n) is 7.34. The number of nitrogens with zero attached hydrogens (tertiary/aromatic N) is 1. The molecule has 20 heavy (non-hydrogen) atoms. The van der Waals surface area contributed by atoms with Crippen molar-refractivity contribution in [1.29, 1.82) is 0 Å². The van der Waals surface area contributed by atoms with Gasteiger partial charge in [-0.15, -0.1) is 0 Å². The Bertz CT molecular complexity index is 385. The molecule has 114 valence electrons. The summed E-state index contributed by atoms with van der Waals surface area (Å²) in [5.74, 6) is -0.263. The van der Waals surface area contributed by atoms with E-state index in [2.05, 4.69) is 5.32 Å². The monoisotopic (exact) mass is 284 g/mol. The number of aliphatic hydroxyl groups is 1. The van der Waals surface area contributed by atoms with Gasteiger partial charge in [0.15, 0.2) is 0 Å². The lowest BCUT2D eigenvalue weighted by molar-refractivity contribution is -0.139. The average molecular weight is 284 g/mol. The topological polar surface area (TPSA) is 89.9 Å². The molecule has 2 fully saturated rings. The number of hydrogen-bond acceptors (Lipinski definition) is 3. The molecule has 1 saturated carbocycles. The van der Waals surface area contributed by atoms with Gasteiger partial charge in [0.25, 0.3) is 0 Å². The van der Waals surface area contributed by atoms with E-state index in [4.69, 9.17) is 5.11 Å². The molecule has 1 heterocycles. The first-order valence-corrected chi connectivity index (χ1v) is 7.34. The maximum atomic E-state index is 12.1. The molecule has 4 atom stereocenters. The highest BCUT2D eigenvalue weighted by molar-refractivity contribution is 5.82. The Balaban J connectivity index is 1.90. The summed E-state index contributed by atoms with van der Waals surface area (Å²) in [6.07, 6.45) is 1.87. The van der Waals surface area contributed by atoms with Gasteiger partial charge in [-0.05, 0) is 31.1 Å². The molecule has 6 nitrogen and oxygen atoms in total. The summed E-state index contributed by atoms with van der Waals surface area (Å²) in [6.45, 7) is 5.02. The minimum Gasteiger partial charge on any atom is -0.480 e. The quantitative estimate of drug-likeness (QED) is 0.715. The molecule has 0 aromatic carbocycles. The van der Waals surface area contributed by atoms with E-state index in [1.54, 1.807) is 4.90 Å². The molecule has 0 bridgehead atoms. The first kappa shape index (κ1) is 15.1. The second kappa shape index (κ2) is 5.99. The number of hydrogen-bond donors (Lipinski definition) is 3. The van der Waals surface area contributed by atoms with Crippen LogP contribution in [0.1, 0.15) is 33.1 Å². The number of likely N-dealkylation sites (tertiary alicyclic amines) is 1. The van der Waals surface area contributed by atoms with Crippen LogP contribution < -0.4 is 5.32 Å². The number of fused-ring (bicyclic) bond motifs is 1. The highest BCUT2D eigenvalue weighted by Gasteiger charge is 2.43. The Morgan fingerprint density at radius 3 is 2.55 bits per heavy atom. The van der Waals surface area contributed by atoms with Crippen molar-refractivity contribution in [3.05, 3.63) is 0 Å². The summed E-state index contributed by atoms with van der Waals surface area (Å²) in [6, 6.07) is -1.16. The lowest BCUT2D eigenvalue weighted by atomic mass is 10.00. The van der Waals surface area contributed by atoms with Crippen molar-refractivity contribution in [2.45, 2.75) is 45.3 Å². The number of rotatable bonds is 4. The van der Waals surface area contributed by atoms with E-state index in [1.807, 2.05) is 13.8 Å². The molecule has 2 aliphatic rings. The van der Waals surface area contributed by atoms with Crippen LogP contribution in [0.2, 0.25) is 0 Å². The fourth-order valence-electron chi connectivity index (χ4n) is 3.34. The molecule has 3 unspecified atom stereocenters. The van der Waals surface area contributed by atoms with Crippen molar-refractivity contribution in [3.63, 3.8) is 0 Å². The third kappa shape index (κ3) is 3.23. The second-order valence-electron chi connectivity index (χ2n) is 6.44. The predicted molar refractivity (Wildman–Crippen MR) is 73.2 cm³/mol. The Hall–Kier alpha value is -1.30. The molecule has 0 spiro atoms. The van der Waals surface area contributed by atoms with Gasteiger partial charge in [0.05, 0.1) is 6.10 Å². The van der Waals surface area contributed by atoms with E-state index in [-0.39, 0.29) is 24.0 Å². The van der Waals surface area contributed by atoms with Gasteiger partial charge in [-0.25, -0.2) is 9.59 Å². The van der Waals surface area contributed by atoms with Gasteiger partial charge in [-0.3, -0.25) is 0 Å². The number of carbonyl (C=O) groups excluding carboxylic acids is 1. The molecule has 6 heteroatoms. The number of carboxylic acid groups (broad SMARTS) is 1. The molecule has 1 aliphatic carbocycles. The zero-order valence-corrected chi connectivity index (χ0v) is 12.1. The Labute approximate surface area is 119 Å². The van der Waals surface area contributed by atoms with Crippen molar-refractivity contribution >= 4 is 12.0 Å². The Morgan fingerprint density at radius 1 is 1.30 bits per heavy atom.